The molecule has 10 heteroatoms. The number of urea groups is 1. The third-order valence-electron chi connectivity index (χ3n) is 5.88. The topological polar surface area (TPSA) is 119 Å². The number of benzene rings is 1. The second kappa shape index (κ2) is 8.85. The average molecular weight is 469 g/mol. The van der Waals surface area contributed by atoms with Crippen molar-refractivity contribution in [1.82, 2.24) is 15.1 Å². The second-order valence-electron chi connectivity index (χ2n) is 9.40. The predicted octanol–water partition coefficient (Wildman–Crippen LogP) is 2.57. The number of piperazine rings is 1. The highest BCUT2D eigenvalue weighted by molar-refractivity contribution is 6.07. The third kappa shape index (κ3) is 4.48. The number of carbonyl (C=O) groups excluding carboxylic acids is 3. The molecule has 180 valence electrons. The number of anilines is 1. The van der Waals surface area contributed by atoms with Crippen LogP contribution in [0.25, 0.3) is 0 Å². The summed E-state index contributed by atoms with van der Waals surface area (Å²) in [6.45, 7) is 5.14. The molecule has 0 bridgehead atoms. The molecule has 2 atom stereocenters. The number of carboxylic acid groups (broad SMARTS) is 1. The summed E-state index contributed by atoms with van der Waals surface area (Å²) in [4.78, 5) is 55.5. The van der Waals surface area contributed by atoms with Crippen LogP contribution < -0.4 is 10.2 Å². The lowest BCUT2D eigenvalue weighted by Crippen LogP contribution is -2.63. The van der Waals surface area contributed by atoms with Crippen LogP contribution in [0.15, 0.2) is 48.2 Å². The molecule has 34 heavy (non-hydrogen) atoms. The predicted molar refractivity (Wildman–Crippen MR) is 123 cm³/mol. The summed E-state index contributed by atoms with van der Waals surface area (Å²) in [5.41, 5.74) is 0.573. The maximum atomic E-state index is 13.9. The normalized spacial score (nSPS) is 22.1. The van der Waals surface area contributed by atoms with Crippen LogP contribution in [0, 0.1) is 0 Å². The van der Waals surface area contributed by atoms with Crippen molar-refractivity contribution in [2.24, 2.45) is 0 Å². The standard InChI is InChI=1S/C24H28N4O6/c1-24(2,3)34-23(33)26-12-13-27(19(14-26)21(30)31)22(32)28-17-10-6-4-8-15(17)20(29)25-16-9-5-7-11-18(16)28/h4-10,18-19H,11-14H2,1-3H3,(H,25,29)(H,30,31)/t18?,19-/m0/s1. The molecule has 1 aromatic rings. The molecule has 10 nitrogen and oxygen atoms in total. The summed E-state index contributed by atoms with van der Waals surface area (Å²) in [5, 5.41) is 12.8. The van der Waals surface area contributed by atoms with E-state index in [0.29, 0.717) is 23.4 Å². The Labute approximate surface area is 197 Å². The van der Waals surface area contributed by atoms with E-state index in [1.165, 1.54) is 14.7 Å². The van der Waals surface area contributed by atoms with Crippen LogP contribution in [0.1, 0.15) is 37.6 Å². The van der Waals surface area contributed by atoms with Crippen LogP contribution in [-0.2, 0) is 9.53 Å². The first kappa shape index (κ1) is 23.3. The lowest BCUT2D eigenvalue weighted by Gasteiger charge is -2.43. The number of nitrogens with zero attached hydrogens (tertiary/aromatic N) is 3. The molecule has 3 aliphatic rings. The minimum Gasteiger partial charge on any atom is -0.480 e. The van der Waals surface area contributed by atoms with E-state index < -0.39 is 35.8 Å². The van der Waals surface area contributed by atoms with Crippen LogP contribution in [0.4, 0.5) is 15.3 Å². The summed E-state index contributed by atoms with van der Waals surface area (Å²) in [6, 6.07) is 4.46. The highest BCUT2D eigenvalue weighted by atomic mass is 16.6. The van der Waals surface area contributed by atoms with Gasteiger partial charge in [-0.05, 0) is 45.4 Å². The number of nitrogens with one attached hydrogen (secondary N) is 1. The van der Waals surface area contributed by atoms with Crippen molar-refractivity contribution in [3.05, 3.63) is 53.8 Å². The molecule has 1 aromatic carbocycles. The Bertz CT molecular complexity index is 1090. The molecule has 1 saturated heterocycles. The Hall–Kier alpha value is -3.82. The lowest BCUT2D eigenvalue weighted by atomic mass is 10.0. The fourth-order valence-electron chi connectivity index (χ4n) is 4.32. The molecule has 2 heterocycles. The largest absolute Gasteiger partial charge is 0.480 e. The molecule has 1 fully saturated rings. The maximum Gasteiger partial charge on any atom is 0.410 e. The summed E-state index contributed by atoms with van der Waals surface area (Å²) in [7, 11) is 0. The van der Waals surface area contributed by atoms with Gasteiger partial charge in [0, 0.05) is 18.8 Å². The van der Waals surface area contributed by atoms with E-state index in [1.807, 2.05) is 12.2 Å². The van der Waals surface area contributed by atoms with Crippen LogP contribution >= 0.6 is 0 Å². The summed E-state index contributed by atoms with van der Waals surface area (Å²) in [5.74, 6) is -1.56. The van der Waals surface area contributed by atoms with Gasteiger partial charge in [-0.15, -0.1) is 0 Å². The number of rotatable bonds is 1. The zero-order valence-electron chi connectivity index (χ0n) is 19.4. The van der Waals surface area contributed by atoms with Gasteiger partial charge in [0.25, 0.3) is 5.91 Å². The van der Waals surface area contributed by atoms with Crippen molar-refractivity contribution in [1.29, 1.82) is 0 Å². The molecule has 0 saturated carbocycles. The lowest BCUT2D eigenvalue weighted by molar-refractivity contribution is -0.144. The smallest absolute Gasteiger partial charge is 0.410 e. The van der Waals surface area contributed by atoms with Gasteiger partial charge in [-0.3, -0.25) is 9.69 Å². The number of aliphatic carboxylic acids is 1. The summed E-state index contributed by atoms with van der Waals surface area (Å²) in [6.07, 6.45) is 5.28. The number of carbonyl (C=O) groups is 4. The number of hydrogen-bond donors (Lipinski definition) is 2. The van der Waals surface area contributed by atoms with Crippen molar-refractivity contribution in [2.45, 2.75) is 44.9 Å². The first-order valence-corrected chi connectivity index (χ1v) is 11.1. The van der Waals surface area contributed by atoms with Crippen LogP contribution in [0.3, 0.4) is 0 Å². The summed E-state index contributed by atoms with van der Waals surface area (Å²) < 4.78 is 5.38. The molecule has 1 unspecified atom stereocenters. The number of ether oxygens (including phenoxy) is 1. The SMILES string of the molecule is CC(C)(C)OC(=O)N1CCN(C(=O)N2c3ccccc3C(=O)NC3=CC=CCC32)[C@H](C(=O)O)C1. The van der Waals surface area contributed by atoms with E-state index in [-0.39, 0.29) is 25.5 Å². The minimum atomic E-state index is -1.26. The van der Waals surface area contributed by atoms with Crippen LogP contribution in [-0.4, -0.2) is 76.2 Å². The van der Waals surface area contributed by atoms with Crippen molar-refractivity contribution in [2.75, 3.05) is 24.5 Å². The van der Waals surface area contributed by atoms with Gasteiger partial charge in [0.2, 0.25) is 0 Å². The van der Waals surface area contributed by atoms with Gasteiger partial charge >= 0.3 is 18.1 Å². The first-order chi connectivity index (χ1) is 16.1. The van der Waals surface area contributed by atoms with E-state index in [9.17, 15) is 24.3 Å². The van der Waals surface area contributed by atoms with Gasteiger partial charge in [-0.1, -0.05) is 24.3 Å². The number of amides is 4. The van der Waals surface area contributed by atoms with E-state index in [2.05, 4.69) is 5.32 Å². The monoisotopic (exact) mass is 468 g/mol. The quantitative estimate of drug-likeness (QED) is 0.654. The highest BCUT2D eigenvalue weighted by Gasteiger charge is 2.43. The Morgan fingerprint density at radius 3 is 2.59 bits per heavy atom. The van der Waals surface area contributed by atoms with Crippen LogP contribution in [0.2, 0.25) is 0 Å². The third-order valence-corrected chi connectivity index (χ3v) is 5.88. The summed E-state index contributed by atoms with van der Waals surface area (Å²) >= 11 is 0. The molecule has 0 spiro atoms. The van der Waals surface area contributed by atoms with Gasteiger partial charge in [-0.25, -0.2) is 14.4 Å². The number of carboxylic acids is 1. The number of para-hydroxylation sites is 1. The molecule has 4 rings (SSSR count). The molecular formula is C24H28N4O6. The highest BCUT2D eigenvalue weighted by Crippen LogP contribution is 2.33. The van der Waals surface area contributed by atoms with Crippen molar-refractivity contribution < 1.29 is 29.0 Å². The maximum absolute atomic E-state index is 13.9. The molecule has 0 aromatic heterocycles. The van der Waals surface area contributed by atoms with Crippen LogP contribution in [0.5, 0.6) is 0 Å². The molecule has 1 aliphatic carbocycles. The first-order valence-electron chi connectivity index (χ1n) is 11.1. The zero-order chi connectivity index (χ0) is 24.6. The van der Waals surface area contributed by atoms with Gasteiger partial charge in [-0.2, -0.15) is 0 Å². The van der Waals surface area contributed by atoms with Gasteiger partial charge in [0.05, 0.1) is 23.8 Å². The Balaban J connectivity index is 1.66. The van der Waals surface area contributed by atoms with E-state index >= 15 is 0 Å². The Kier molecular flexibility index (Phi) is 6.07. The number of allylic oxidation sites excluding steroid dienone is 2. The van der Waals surface area contributed by atoms with Crippen molar-refractivity contribution in [3.8, 4) is 0 Å². The van der Waals surface area contributed by atoms with Gasteiger partial charge < -0.3 is 25.0 Å². The molecule has 0 radical (unpaired) electrons. The Morgan fingerprint density at radius 2 is 1.88 bits per heavy atom. The van der Waals surface area contributed by atoms with E-state index in [1.54, 1.807) is 51.1 Å². The van der Waals surface area contributed by atoms with E-state index in [0.717, 1.165) is 0 Å². The number of hydrogen-bond acceptors (Lipinski definition) is 5. The van der Waals surface area contributed by atoms with Gasteiger partial charge in [0.15, 0.2) is 0 Å². The molecular weight excluding hydrogens is 440 g/mol. The minimum absolute atomic E-state index is 0.0106. The molecule has 2 aliphatic heterocycles. The fraction of sp³-hybridized carbons (Fsp3) is 0.417. The Morgan fingerprint density at radius 1 is 1.15 bits per heavy atom. The second-order valence-corrected chi connectivity index (χ2v) is 9.40. The molecule has 4 amide bonds. The van der Waals surface area contributed by atoms with Crippen molar-refractivity contribution in [3.63, 3.8) is 0 Å². The average Bonchev–Trinajstić information content (AvgIpc) is 2.91. The fourth-order valence-corrected chi connectivity index (χ4v) is 4.32. The zero-order valence-corrected chi connectivity index (χ0v) is 19.4. The van der Waals surface area contributed by atoms with E-state index in [4.69, 9.17) is 4.74 Å². The molecule has 2 N–H and O–H groups in total. The number of fused-ring (bicyclic) bond motifs is 2. The van der Waals surface area contributed by atoms with Crippen molar-refractivity contribution >= 4 is 29.7 Å². The van der Waals surface area contributed by atoms with Gasteiger partial charge in [0.1, 0.15) is 11.6 Å².